The van der Waals surface area contributed by atoms with E-state index in [2.05, 4.69) is 0 Å². The summed E-state index contributed by atoms with van der Waals surface area (Å²) in [6, 6.07) is 7.74. The molecule has 1 fully saturated rings. The Hall–Kier alpha value is -2.94. The second-order valence-corrected chi connectivity index (χ2v) is 7.62. The lowest BCUT2D eigenvalue weighted by atomic mass is 9.88. The number of methoxy groups -OCH3 is 3. The van der Waals surface area contributed by atoms with Crippen LogP contribution in [-0.2, 0) is 11.0 Å². The van der Waals surface area contributed by atoms with Gasteiger partial charge in [-0.25, -0.2) is 0 Å². The summed E-state index contributed by atoms with van der Waals surface area (Å²) in [7, 11) is 4.31. The van der Waals surface area contributed by atoms with Crippen molar-refractivity contribution >= 4 is 5.97 Å². The summed E-state index contributed by atoms with van der Waals surface area (Å²) in [6.07, 6.45) is -3.53. The monoisotopic (exact) mass is 453 g/mol. The first-order chi connectivity index (χ1) is 15.2. The molecule has 2 unspecified atom stereocenters. The van der Waals surface area contributed by atoms with Crippen LogP contribution in [0.15, 0.2) is 36.4 Å². The Morgan fingerprint density at radius 2 is 1.72 bits per heavy atom. The number of halogens is 3. The van der Waals surface area contributed by atoms with Crippen LogP contribution in [0.1, 0.15) is 35.6 Å². The van der Waals surface area contributed by atoms with Gasteiger partial charge >= 0.3 is 12.1 Å². The van der Waals surface area contributed by atoms with Crippen LogP contribution in [0.3, 0.4) is 0 Å². The molecule has 32 heavy (non-hydrogen) atoms. The average Bonchev–Trinajstić information content (AvgIpc) is 2.78. The predicted molar refractivity (Wildman–Crippen MR) is 111 cm³/mol. The van der Waals surface area contributed by atoms with Crippen LogP contribution >= 0.6 is 0 Å². The lowest BCUT2D eigenvalue weighted by Crippen LogP contribution is -2.41. The summed E-state index contributed by atoms with van der Waals surface area (Å²) in [5, 5.41) is 9.53. The maximum atomic E-state index is 13.9. The number of likely N-dealkylation sites (tertiary alicyclic amines) is 1. The van der Waals surface area contributed by atoms with E-state index in [1.54, 1.807) is 23.1 Å². The molecule has 1 heterocycles. The normalized spacial score (nSPS) is 18.1. The van der Waals surface area contributed by atoms with Gasteiger partial charge in [0.2, 0.25) is 5.75 Å². The maximum absolute atomic E-state index is 13.9. The molecule has 174 valence electrons. The van der Waals surface area contributed by atoms with E-state index >= 15 is 0 Å². The number of alkyl halides is 3. The van der Waals surface area contributed by atoms with Crippen LogP contribution < -0.4 is 14.2 Å². The first kappa shape index (κ1) is 23.7. The third-order valence-corrected chi connectivity index (χ3v) is 5.73. The lowest BCUT2D eigenvalue weighted by Gasteiger charge is -2.38. The predicted octanol–water partition coefficient (Wildman–Crippen LogP) is 4.62. The number of piperidine rings is 1. The van der Waals surface area contributed by atoms with Gasteiger partial charge in [-0.05, 0) is 48.7 Å². The Kier molecular flexibility index (Phi) is 7.18. The van der Waals surface area contributed by atoms with Gasteiger partial charge in [0.1, 0.15) is 0 Å². The largest absolute Gasteiger partial charge is 0.493 e. The quantitative estimate of drug-likeness (QED) is 0.660. The van der Waals surface area contributed by atoms with Crippen molar-refractivity contribution in [3.8, 4) is 17.2 Å². The summed E-state index contributed by atoms with van der Waals surface area (Å²) in [4.78, 5) is 13.4. The van der Waals surface area contributed by atoms with E-state index in [1.165, 1.54) is 33.5 Å². The zero-order chi connectivity index (χ0) is 23.5. The highest BCUT2D eigenvalue weighted by Gasteiger charge is 2.39. The van der Waals surface area contributed by atoms with E-state index in [0.717, 1.165) is 6.07 Å². The number of benzene rings is 2. The van der Waals surface area contributed by atoms with Gasteiger partial charge in [-0.1, -0.05) is 18.2 Å². The molecule has 9 heteroatoms. The maximum Gasteiger partial charge on any atom is 0.416 e. The zero-order valence-electron chi connectivity index (χ0n) is 18.1. The standard InChI is InChI=1S/C23H26F3NO5/c1-30-18-11-15(12-19(31-2)21(18)32-3)20(27-10-6-7-14(13-27)22(28)29)16-8-4-5-9-17(16)23(24,25)26/h4-5,8-9,11-12,14,20H,6-7,10,13H2,1-3H3,(H,28,29). The SMILES string of the molecule is COc1cc(C(c2ccccc2C(F)(F)F)N2CCCC(C(=O)O)C2)cc(OC)c1OC. The lowest BCUT2D eigenvalue weighted by molar-refractivity contribution is -0.144. The van der Waals surface area contributed by atoms with Gasteiger partial charge in [-0.15, -0.1) is 0 Å². The Labute approximate surface area is 184 Å². The van der Waals surface area contributed by atoms with Crippen molar-refractivity contribution in [1.29, 1.82) is 0 Å². The van der Waals surface area contributed by atoms with Crippen molar-refractivity contribution in [3.63, 3.8) is 0 Å². The van der Waals surface area contributed by atoms with Crippen LogP contribution in [0, 0.1) is 5.92 Å². The molecule has 1 saturated heterocycles. The number of aliphatic carboxylic acids is 1. The highest BCUT2D eigenvalue weighted by Crippen LogP contribution is 2.45. The van der Waals surface area contributed by atoms with Crippen molar-refractivity contribution in [1.82, 2.24) is 4.90 Å². The molecule has 2 aromatic carbocycles. The van der Waals surface area contributed by atoms with Crippen LogP contribution in [0.2, 0.25) is 0 Å². The van der Waals surface area contributed by atoms with Crippen molar-refractivity contribution in [2.75, 3.05) is 34.4 Å². The van der Waals surface area contributed by atoms with Crippen molar-refractivity contribution < 1.29 is 37.3 Å². The average molecular weight is 453 g/mol. The molecule has 3 rings (SSSR count). The fraction of sp³-hybridized carbons (Fsp3) is 0.435. The van der Waals surface area contributed by atoms with Crippen LogP contribution in [0.25, 0.3) is 0 Å². The van der Waals surface area contributed by atoms with Crippen LogP contribution in [0.5, 0.6) is 17.2 Å². The van der Waals surface area contributed by atoms with E-state index in [1.807, 2.05) is 0 Å². The molecule has 2 aromatic rings. The molecule has 0 aliphatic carbocycles. The molecule has 1 aliphatic rings. The number of carbonyl (C=O) groups is 1. The molecule has 0 radical (unpaired) electrons. The highest BCUT2D eigenvalue weighted by atomic mass is 19.4. The van der Waals surface area contributed by atoms with Crippen molar-refractivity contribution in [3.05, 3.63) is 53.1 Å². The van der Waals surface area contributed by atoms with E-state index in [9.17, 15) is 23.1 Å². The summed E-state index contributed by atoms with van der Waals surface area (Å²) in [5.41, 5.74) is -0.237. The topological polar surface area (TPSA) is 68.2 Å². The number of carboxylic acid groups (broad SMARTS) is 1. The smallest absolute Gasteiger partial charge is 0.416 e. The second kappa shape index (κ2) is 9.68. The van der Waals surface area contributed by atoms with Crippen LogP contribution in [-0.4, -0.2) is 50.4 Å². The first-order valence-electron chi connectivity index (χ1n) is 10.1. The molecule has 0 saturated carbocycles. The molecule has 0 amide bonds. The van der Waals surface area contributed by atoms with Gasteiger partial charge in [0, 0.05) is 6.54 Å². The number of hydrogen-bond acceptors (Lipinski definition) is 5. The Morgan fingerprint density at radius 3 is 2.25 bits per heavy atom. The minimum absolute atomic E-state index is 0.0420. The third-order valence-electron chi connectivity index (χ3n) is 5.73. The van der Waals surface area contributed by atoms with E-state index in [4.69, 9.17) is 14.2 Å². The van der Waals surface area contributed by atoms with E-state index in [0.29, 0.717) is 42.2 Å². The fourth-order valence-corrected chi connectivity index (χ4v) is 4.28. The molecule has 0 bridgehead atoms. The van der Waals surface area contributed by atoms with Gasteiger partial charge in [-0.2, -0.15) is 13.2 Å². The Morgan fingerprint density at radius 1 is 1.09 bits per heavy atom. The van der Waals surface area contributed by atoms with Gasteiger partial charge in [-0.3, -0.25) is 9.69 Å². The highest BCUT2D eigenvalue weighted by molar-refractivity contribution is 5.70. The third kappa shape index (κ3) is 4.77. The summed E-state index contributed by atoms with van der Waals surface area (Å²) < 4.78 is 57.9. The number of nitrogens with zero attached hydrogens (tertiary/aromatic N) is 1. The molecule has 0 spiro atoms. The summed E-state index contributed by atoms with van der Waals surface area (Å²) >= 11 is 0. The van der Waals surface area contributed by atoms with Gasteiger partial charge < -0.3 is 19.3 Å². The Balaban J connectivity index is 2.22. The minimum atomic E-state index is -4.57. The number of ether oxygens (including phenoxy) is 3. The molecule has 2 atom stereocenters. The van der Waals surface area contributed by atoms with Crippen molar-refractivity contribution in [2.45, 2.75) is 25.1 Å². The molecular weight excluding hydrogens is 427 g/mol. The molecule has 1 N–H and O–H groups in total. The zero-order valence-corrected chi connectivity index (χ0v) is 18.1. The van der Waals surface area contributed by atoms with Crippen LogP contribution in [0.4, 0.5) is 13.2 Å². The number of carboxylic acids is 1. The minimum Gasteiger partial charge on any atom is -0.493 e. The first-order valence-corrected chi connectivity index (χ1v) is 10.1. The fourth-order valence-electron chi connectivity index (χ4n) is 4.28. The molecule has 6 nitrogen and oxygen atoms in total. The molecule has 1 aliphatic heterocycles. The van der Waals surface area contributed by atoms with Gasteiger partial charge in [0.05, 0.1) is 38.9 Å². The second-order valence-electron chi connectivity index (χ2n) is 7.62. The molecule has 0 aromatic heterocycles. The number of hydrogen-bond donors (Lipinski definition) is 1. The van der Waals surface area contributed by atoms with Gasteiger partial charge in [0.15, 0.2) is 11.5 Å². The van der Waals surface area contributed by atoms with Gasteiger partial charge in [0.25, 0.3) is 0 Å². The van der Waals surface area contributed by atoms with E-state index < -0.39 is 29.7 Å². The Bertz CT molecular complexity index is 938. The summed E-state index contributed by atoms with van der Waals surface area (Å²) in [5.74, 6) is -0.677. The van der Waals surface area contributed by atoms with Crippen molar-refractivity contribution in [2.24, 2.45) is 5.92 Å². The summed E-state index contributed by atoms with van der Waals surface area (Å²) in [6.45, 7) is 0.583. The van der Waals surface area contributed by atoms with E-state index in [-0.39, 0.29) is 12.1 Å². The number of rotatable bonds is 7. The molecular formula is C23H26F3NO5.